The number of halogens is 2. The lowest BCUT2D eigenvalue weighted by Crippen LogP contribution is -2.39. The van der Waals surface area contributed by atoms with Crippen LogP contribution in [-0.2, 0) is 4.79 Å². The largest absolute Gasteiger partial charge is 0.329 e. The Morgan fingerprint density at radius 1 is 1.53 bits per heavy atom. The third-order valence-electron chi connectivity index (χ3n) is 2.90. The van der Waals surface area contributed by atoms with Gasteiger partial charge >= 0.3 is 0 Å². The minimum atomic E-state index is -0.654. The van der Waals surface area contributed by atoms with Crippen molar-refractivity contribution in [1.82, 2.24) is 0 Å². The van der Waals surface area contributed by atoms with Crippen molar-refractivity contribution in [3.8, 4) is 0 Å². The molecule has 1 aromatic rings. The smallest absolute Gasteiger partial charge is 0.231 e. The molecule has 0 radical (unpaired) electrons. The van der Waals surface area contributed by atoms with Gasteiger partial charge in [-0.3, -0.25) is 4.79 Å². The van der Waals surface area contributed by atoms with Crippen molar-refractivity contribution in [1.29, 1.82) is 0 Å². The van der Waals surface area contributed by atoms with Gasteiger partial charge in [-0.05, 0) is 31.5 Å². The van der Waals surface area contributed by atoms with Crippen molar-refractivity contribution in [2.45, 2.75) is 20.3 Å². The van der Waals surface area contributed by atoms with Crippen molar-refractivity contribution in [2.75, 3.05) is 11.9 Å². The Balaban J connectivity index is 2.87. The van der Waals surface area contributed by atoms with E-state index < -0.39 is 11.2 Å². The molecule has 0 saturated heterocycles. The van der Waals surface area contributed by atoms with Crippen molar-refractivity contribution in [2.24, 2.45) is 11.1 Å². The zero-order valence-electron chi connectivity index (χ0n) is 9.89. The van der Waals surface area contributed by atoms with E-state index in [2.05, 4.69) is 5.32 Å². The molecule has 0 aromatic heterocycles. The number of anilines is 1. The molecular formula is C12H16ClFN2O. The minimum absolute atomic E-state index is 0.232. The molecule has 0 bridgehead atoms. The maximum Gasteiger partial charge on any atom is 0.231 e. The van der Waals surface area contributed by atoms with E-state index in [1.807, 2.05) is 6.92 Å². The molecule has 0 heterocycles. The molecule has 0 aliphatic carbocycles. The second kappa shape index (κ2) is 5.47. The second-order valence-corrected chi connectivity index (χ2v) is 4.67. The number of amides is 1. The summed E-state index contributed by atoms with van der Waals surface area (Å²) in [4.78, 5) is 12.0. The third-order valence-corrected chi connectivity index (χ3v) is 3.12. The van der Waals surface area contributed by atoms with E-state index in [4.69, 9.17) is 17.3 Å². The molecule has 1 aromatic carbocycles. The molecule has 0 aliphatic heterocycles. The average molecular weight is 259 g/mol. The van der Waals surface area contributed by atoms with Crippen LogP contribution in [0, 0.1) is 11.2 Å². The number of nitrogens with two attached hydrogens (primary N) is 1. The molecule has 1 unspecified atom stereocenters. The van der Waals surface area contributed by atoms with E-state index >= 15 is 0 Å². The molecule has 0 saturated carbocycles. The number of hydrogen-bond acceptors (Lipinski definition) is 2. The Morgan fingerprint density at radius 3 is 2.65 bits per heavy atom. The van der Waals surface area contributed by atoms with Gasteiger partial charge in [0.25, 0.3) is 0 Å². The number of hydrogen-bond donors (Lipinski definition) is 2. The number of carbonyl (C=O) groups is 1. The first-order valence-corrected chi connectivity index (χ1v) is 5.76. The maximum atomic E-state index is 13.1. The Hall–Kier alpha value is -1.13. The molecule has 1 rings (SSSR count). The van der Waals surface area contributed by atoms with Crippen molar-refractivity contribution in [3.63, 3.8) is 0 Å². The number of rotatable bonds is 4. The van der Waals surface area contributed by atoms with Crippen LogP contribution in [-0.4, -0.2) is 12.5 Å². The highest BCUT2D eigenvalue weighted by Gasteiger charge is 2.29. The average Bonchev–Trinajstić information content (AvgIpc) is 2.26. The Morgan fingerprint density at radius 2 is 2.18 bits per heavy atom. The summed E-state index contributed by atoms with van der Waals surface area (Å²) in [5, 5.41) is 2.86. The van der Waals surface area contributed by atoms with Gasteiger partial charge < -0.3 is 11.1 Å². The van der Waals surface area contributed by atoms with Gasteiger partial charge in [-0.2, -0.15) is 0 Å². The minimum Gasteiger partial charge on any atom is -0.329 e. The topological polar surface area (TPSA) is 55.1 Å². The van der Waals surface area contributed by atoms with Crippen LogP contribution < -0.4 is 11.1 Å². The molecule has 5 heteroatoms. The van der Waals surface area contributed by atoms with E-state index in [1.54, 1.807) is 6.92 Å². The predicted octanol–water partition coefficient (Wildman–Crippen LogP) is 2.79. The lowest BCUT2D eigenvalue weighted by atomic mass is 9.86. The van der Waals surface area contributed by atoms with Crippen LogP contribution in [0.5, 0.6) is 0 Å². The van der Waals surface area contributed by atoms with Gasteiger partial charge in [0.05, 0.1) is 5.41 Å². The van der Waals surface area contributed by atoms with Crippen LogP contribution >= 0.6 is 11.6 Å². The predicted molar refractivity (Wildman–Crippen MR) is 67.5 cm³/mol. The van der Waals surface area contributed by atoms with E-state index in [-0.39, 0.29) is 17.5 Å². The molecule has 1 amide bonds. The quantitative estimate of drug-likeness (QED) is 0.873. The van der Waals surface area contributed by atoms with Gasteiger partial charge in [0.15, 0.2) is 0 Å². The zero-order valence-corrected chi connectivity index (χ0v) is 10.6. The highest BCUT2D eigenvalue weighted by Crippen LogP contribution is 2.24. The van der Waals surface area contributed by atoms with Crippen LogP contribution in [0.3, 0.4) is 0 Å². The molecular weight excluding hydrogens is 243 g/mol. The molecule has 3 nitrogen and oxygen atoms in total. The standard InChI is InChI=1S/C12H16ClFN2O/c1-3-12(2,7-15)11(17)16-10-5-8(13)4-9(14)6-10/h4-6H,3,7,15H2,1-2H3,(H,16,17). The number of nitrogens with one attached hydrogen (secondary N) is 1. The first-order valence-electron chi connectivity index (χ1n) is 5.39. The first kappa shape index (κ1) is 13.9. The zero-order chi connectivity index (χ0) is 13.1. The fourth-order valence-corrected chi connectivity index (χ4v) is 1.53. The Bertz CT molecular complexity index is 399. The lowest BCUT2D eigenvalue weighted by Gasteiger charge is -2.24. The molecule has 0 fully saturated rings. The fraction of sp³-hybridized carbons (Fsp3) is 0.417. The highest BCUT2D eigenvalue weighted by molar-refractivity contribution is 6.30. The molecule has 0 spiro atoms. The summed E-state index contributed by atoms with van der Waals surface area (Å²) < 4.78 is 13.1. The molecule has 17 heavy (non-hydrogen) atoms. The molecule has 94 valence electrons. The summed E-state index contributed by atoms with van der Waals surface area (Å²) in [5.41, 5.74) is 5.26. The normalized spacial score (nSPS) is 14.2. The summed E-state index contributed by atoms with van der Waals surface area (Å²) >= 11 is 5.70. The number of benzene rings is 1. The van der Waals surface area contributed by atoms with Crippen LogP contribution in [0.15, 0.2) is 18.2 Å². The van der Waals surface area contributed by atoms with Crippen molar-refractivity contribution < 1.29 is 9.18 Å². The monoisotopic (exact) mass is 258 g/mol. The summed E-state index contributed by atoms with van der Waals surface area (Å²) in [6.07, 6.45) is 0.610. The number of carbonyl (C=O) groups excluding carboxylic acids is 1. The van der Waals surface area contributed by atoms with Crippen molar-refractivity contribution >= 4 is 23.2 Å². The van der Waals surface area contributed by atoms with Gasteiger partial charge in [0.2, 0.25) is 5.91 Å². The summed E-state index contributed by atoms with van der Waals surface area (Å²) in [6, 6.07) is 3.89. The van der Waals surface area contributed by atoms with Gasteiger partial charge in [-0.15, -0.1) is 0 Å². The molecule has 1 atom stereocenters. The maximum absolute atomic E-state index is 13.1. The van der Waals surface area contributed by atoms with Crippen LogP contribution in [0.1, 0.15) is 20.3 Å². The molecule has 0 aliphatic rings. The highest BCUT2D eigenvalue weighted by atomic mass is 35.5. The van der Waals surface area contributed by atoms with Crippen LogP contribution in [0.2, 0.25) is 5.02 Å². The van der Waals surface area contributed by atoms with E-state index in [9.17, 15) is 9.18 Å². The summed E-state index contributed by atoms with van der Waals surface area (Å²) in [6.45, 7) is 3.88. The summed E-state index contributed by atoms with van der Waals surface area (Å²) in [7, 11) is 0. The first-order chi connectivity index (χ1) is 7.91. The molecule has 3 N–H and O–H groups in total. The Labute approximate surface area is 105 Å². The van der Waals surface area contributed by atoms with Gasteiger partial charge in [0, 0.05) is 17.3 Å². The lowest BCUT2D eigenvalue weighted by molar-refractivity contribution is -0.124. The second-order valence-electron chi connectivity index (χ2n) is 4.23. The van der Waals surface area contributed by atoms with E-state index in [1.165, 1.54) is 18.2 Å². The van der Waals surface area contributed by atoms with Crippen LogP contribution in [0.4, 0.5) is 10.1 Å². The third kappa shape index (κ3) is 3.41. The van der Waals surface area contributed by atoms with E-state index in [0.717, 1.165) is 0 Å². The summed E-state index contributed by atoms with van der Waals surface area (Å²) in [5.74, 6) is -0.720. The van der Waals surface area contributed by atoms with Gasteiger partial charge in [0.1, 0.15) is 5.82 Å². The van der Waals surface area contributed by atoms with Crippen LogP contribution in [0.25, 0.3) is 0 Å². The van der Waals surface area contributed by atoms with E-state index in [0.29, 0.717) is 12.1 Å². The van der Waals surface area contributed by atoms with Gasteiger partial charge in [-0.1, -0.05) is 18.5 Å². The SMILES string of the molecule is CCC(C)(CN)C(=O)Nc1cc(F)cc(Cl)c1. The fourth-order valence-electron chi connectivity index (χ4n) is 1.31. The van der Waals surface area contributed by atoms with Gasteiger partial charge in [-0.25, -0.2) is 4.39 Å². The Kier molecular flexibility index (Phi) is 4.48. The van der Waals surface area contributed by atoms with Crippen molar-refractivity contribution in [3.05, 3.63) is 29.0 Å².